The lowest BCUT2D eigenvalue weighted by molar-refractivity contribution is -0.135. The van der Waals surface area contributed by atoms with Crippen LogP contribution in [0.25, 0.3) is 0 Å². The van der Waals surface area contributed by atoms with Gasteiger partial charge in [-0.2, -0.15) is 5.26 Å². The van der Waals surface area contributed by atoms with E-state index >= 15 is 0 Å². The lowest BCUT2D eigenvalue weighted by Crippen LogP contribution is -2.47. The predicted octanol–water partition coefficient (Wildman–Crippen LogP) is 2.15. The predicted molar refractivity (Wildman–Crippen MR) is 46.3 cm³/mol. The van der Waals surface area contributed by atoms with Crippen molar-refractivity contribution in [3.05, 3.63) is 0 Å². The minimum Gasteiger partial charge on any atom is -0.300 e. The second kappa shape index (κ2) is 2.90. The Morgan fingerprint density at radius 3 is 2.58 bits per heavy atom. The molecule has 12 heavy (non-hydrogen) atoms. The molecule has 1 aliphatic rings. The van der Waals surface area contributed by atoms with E-state index in [9.17, 15) is 4.79 Å². The minimum absolute atomic E-state index is 0.0571. The van der Waals surface area contributed by atoms with Crippen LogP contribution in [0.5, 0.6) is 0 Å². The zero-order valence-electron chi connectivity index (χ0n) is 7.92. The Morgan fingerprint density at radius 1 is 1.67 bits per heavy atom. The van der Waals surface area contributed by atoms with Gasteiger partial charge in [0.1, 0.15) is 5.78 Å². The van der Waals surface area contributed by atoms with Crippen LogP contribution in [-0.2, 0) is 4.79 Å². The van der Waals surface area contributed by atoms with Gasteiger partial charge < -0.3 is 0 Å². The van der Waals surface area contributed by atoms with E-state index in [0.29, 0.717) is 12.3 Å². The van der Waals surface area contributed by atoms with Crippen LogP contribution in [0, 0.1) is 28.6 Å². The lowest BCUT2D eigenvalue weighted by atomic mass is 9.53. The number of ketones is 1. The van der Waals surface area contributed by atoms with Crippen molar-refractivity contribution in [2.45, 2.75) is 33.6 Å². The SMILES string of the molecule is CC(=O)[C@@H]1C[C@@H](CC#N)C1(C)C. The van der Waals surface area contributed by atoms with Gasteiger partial charge >= 0.3 is 0 Å². The van der Waals surface area contributed by atoms with Gasteiger partial charge in [0.2, 0.25) is 0 Å². The molecule has 0 aromatic rings. The molecule has 0 saturated heterocycles. The highest BCUT2D eigenvalue weighted by molar-refractivity contribution is 5.80. The molecule has 2 heteroatoms. The Balaban J connectivity index is 2.61. The molecule has 0 aromatic heterocycles. The van der Waals surface area contributed by atoms with Crippen LogP contribution in [0.1, 0.15) is 33.6 Å². The molecule has 0 aliphatic heterocycles. The summed E-state index contributed by atoms with van der Waals surface area (Å²) in [5.74, 6) is 0.890. The number of hydrogen-bond donors (Lipinski definition) is 0. The molecule has 2 nitrogen and oxygen atoms in total. The van der Waals surface area contributed by atoms with E-state index in [-0.39, 0.29) is 17.1 Å². The van der Waals surface area contributed by atoms with Crippen molar-refractivity contribution in [1.29, 1.82) is 5.26 Å². The van der Waals surface area contributed by atoms with Gasteiger partial charge in [0, 0.05) is 12.3 Å². The number of rotatable bonds is 2. The first-order valence-corrected chi connectivity index (χ1v) is 4.37. The summed E-state index contributed by atoms with van der Waals surface area (Å²) in [5, 5.41) is 8.52. The number of nitriles is 1. The Morgan fingerprint density at radius 2 is 2.25 bits per heavy atom. The van der Waals surface area contributed by atoms with E-state index in [0.717, 1.165) is 6.42 Å². The topological polar surface area (TPSA) is 40.9 Å². The van der Waals surface area contributed by atoms with Gasteiger partial charge in [0.25, 0.3) is 0 Å². The summed E-state index contributed by atoms with van der Waals surface area (Å²) in [7, 11) is 0. The van der Waals surface area contributed by atoms with Crippen molar-refractivity contribution >= 4 is 5.78 Å². The lowest BCUT2D eigenvalue weighted by Gasteiger charge is -2.50. The van der Waals surface area contributed by atoms with Gasteiger partial charge in [0.05, 0.1) is 6.07 Å². The fourth-order valence-electron chi connectivity index (χ4n) is 2.16. The van der Waals surface area contributed by atoms with Crippen molar-refractivity contribution in [2.24, 2.45) is 17.3 Å². The van der Waals surface area contributed by atoms with Gasteiger partial charge in [-0.15, -0.1) is 0 Å². The van der Waals surface area contributed by atoms with Crippen molar-refractivity contribution < 1.29 is 4.79 Å². The number of carbonyl (C=O) groups is 1. The molecule has 1 fully saturated rings. The number of nitrogens with zero attached hydrogens (tertiary/aromatic N) is 1. The number of carbonyl (C=O) groups excluding carboxylic acids is 1. The molecule has 0 radical (unpaired) electrons. The Labute approximate surface area is 73.6 Å². The summed E-state index contributed by atoms with van der Waals surface area (Å²) in [5.41, 5.74) is 0.0571. The highest BCUT2D eigenvalue weighted by atomic mass is 16.1. The quantitative estimate of drug-likeness (QED) is 0.629. The maximum atomic E-state index is 11.1. The van der Waals surface area contributed by atoms with E-state index in [1.54, 1.807) is 6.92 Å². The van der Waals surface area contributed by atoms with Gasteiger partial charge in [-0.05, 0) is 24.7 Å². The normalized spacial score (nSPS) is 31.8. The minimum atomic E-state index is 0.0571. The summed E-state index contributed by atoms with van der Waals surface area (Å²) in [6, 6.07) is 2.17. The molecule has 0 N–H and O–H groups in total. The monoisotopic (exact) mass is 165 g/mol. The standard InChI is InChI=1S/C10H15NO/c1-7(12)9-6-8(4-5-11)10(9,2)3/h8-9H,4,6H2,1-3H3/t8-,9+/m1/s1. The zero-order valence-corrected chi connectivity index (χ0v) is 7.92. The highest BCUT2D eigenvalue weighted by Crippen LogP contribution is 2.52. The Kier molecular flexibility index (Phi) is 2.23. The van der Waals surface area contributed by atoms with Gasteiger partial charge in [-0.3, -0.25) is 4.79 Å². The Hall–Kier alpha value is -0.840. The van der Waals surface area contributed by atoms with E-state index in [1.165, 1.54) is 0 Å². The summed E-state index contributed by atoms with van der Waals surface area (Å²) in [6.07, 6.45) is 1.51. The maximum Gasteiger partial charge on any atom is 0.133 e. The molecule has 2 atom stereocenters. The molecular formula is C10H15NO. The average molecular weight is 165 g/mol. The first-order valence-electron chi connectivity index (χ1n) is 4.37. The molecular weight excluding hydrogens is 150 g/mol. The molecule has 0 heterocycles. The fraction of sp³-hybridized carbons (Fsp3) is 0.800. The van der Waals surface area contributed by atoms with Crippen molar-refractivity contribution in [2.75, 3.05) is 0 Å². The third-order valence-electron chi connectivity index (χ3n) is 3.30. The van der Waals surface area contributed by atoms with Crippen LogP contribution in [-0.4, -0.2) is 5.78 Å². The molecule has 0 aromatic carbocycles. The number of Topliss-reactive ketones (excluding diaryl/α,β-unsaturated/α-hetero) is 1. The van der Waals surface area contributed by atoms with Crippen LogP contribution < -0.4 is 0 Å². The van der Waals surface area contributed by atoms with Crippen LogP contribution in [0.3, 0.4) is 0 Å². The molecule has 1 aliphatic carbocycles. The first kappa shape index (κ1) is 9.25. The molecule has 1 saturated carbocycles. The van der Waals surface area contributed by atoms with Gasteiger partial charge in [-0.1, -0.05) is 13.8 Å². The number of hydrogen-bond acceptors (Lipinski definition) is 2. The van der Waals surface area contributed by atoms with Crippen molar-refractivity contribution in [3.8, 4) is 6.07 Å². The molecule has 0 unspecified atom stereocenters. The van der Waals surface area contributed by atoms with E-state index < -0.39 is 0 Å². The molecule has 0 amide bonds. The van der Waals surface area contributed by atoms with E-state index in [4.69, 9.17) is 5.26 Å². The smallest absolute Gasteiger partial charge is 0.133 e. The van der Waals surface area contributed by atoms with Crippen molar-refractivity contribution in [1.82, 2.24) is 0 Å². The van der Waals surface area contributed by atoms with Crippen molar-refractivity contribution in [3.63, 3.8) is 0 Å². The van der Waals surface area contributed by atoms with Gasteiger partial charge in [-0.25, -0.2) is 0 Å². The third-order valence-corrected chi connectivity index (χ3v) is 3.30. The second-order valence-corrected chi connectivity index (χ2v) is 4.28. The summed E-state index contributed by atoms with van der Waals surface area (Å²) >= 11 is 0. The summed E-state index contributed by atoms with van der Waals surface area (Å²) in [6.45, 7) is 5.82. The first-order chi connectivity index (χ1) is 5.50. The highest BCUT2D eigenvalue weighted by Gasteiger charge is 2.49. The van der Waals surface area contributed by atoms with Crippen LogP contribution in [0.4, 0.5) is 0 Å². The van der Waals surface area contributed by atoms with E-state index in [2.05, 4.69) is 19.9 Å². The van der Waals surface area contributed by atoms with Crippen LogP contribution in [0.15, 0.2) is 0 Å². The van der Waals surface area contributed by atoms with Crippen LogP contribution >= 0.6 is 0 Å². The maximum absolute atomic E-state index is 11.1. The molecule has 0 spiro atoms. The fourth-order valence-corrected chi connectivity index (χ4v) is 2.16. The molecule has 66 valence electrons. The molecule has 1 rings (SSSR count). The van der Waals surface area contributed by atoms with E-state index in [1.807, 2.05) is 0 Å². The summed E-state index contributed by atoms with van der Waals surface area (Å²) < 4.78 is 0. The zero-order chi connectivity index (χ0) is 9.35. The summed E-state index contributed by atoms with van der Waals surface area (Å²) in [4.78, 5) is 11.1. The second-order valence-electron chi connectivity index (χ2n) is 4.28. The van der Waals surface area contributed by atoms with Crippen LogP contribution in [0.2, 0.25) is 0 Å². The average Bonchev–Trinajstić information content (AvgIpc) is 1.96. The van der Waals surface area contributed by atoms with Gasteiger partial charge in [0.15, 0.2) is 0 Å². The largest absolute Gasteiger partial charge is 0.300 e. The Bertz CT molecular complexity index is 237. The molecule has 0 bridgehead atoms. The third kappa shape index (κ3) is 1.24.